The van der Waals surface area contributed by atoms with E-state index in [4.69, 9.17) is 0 Å². The van der Waals surface area contributed by atoms with Gasteiger partial charge in [-0.2, -0.15) is 20.5 Å². The van der Waals surface area contributed by atoms with Crippen molar-refractivity contribution in [1.82, 2.24) is 0 Å². The first-order chi connectivity index (χ1) is 33.3. The number of benzene rings is 8. The van der Waals surface area contributed by atoms with E-state index >= 15 is 0 Å². The van der Waals surface area contributed by atoms with E-state index in [2.05, 4.69) is 40.9 Å². The number of azo groups is 4. The van der Waals surface area contributed by atoms with E-state index < -0.39 is 76.3 Å². The minimum absolute atomic E-state index is 0. The molecule has 0 amide bonds. The third-order valence-electron chi connectivity index (χ3n) is 9.72. The molecule has 0 saturated heterocycles. The molecule has 22 nitrogen and oxygen atoms in total. The molecule has 0 atom stereocenters. The van der Waals surface area contributed by atoms with Crippen molar-refractivity contribution < 1.29 is 83.5 Å². The van der Waals surface area contributed by atoms with Gasteiger partial charge in [0.25, 0.3) is 0 Å². The second-order valence-electron chi connectivity index (χ2n) is 14.1. The van der Waals surface area contributed by atoms with E-state index in [1.807, 2.05) is 0 Å². The zero-order chi connectivity index (χ0) is 50.3. The van der Waals surface area contributed by atoms with Gasteiger partial charge >= 0.3 is 29.3 Å². The second kappa shape index (κ2) is 21.6. The minimum Gasteiger partial charge on any atom is -0.871 e. The number of carboxylic acid groups (broad SMARTS) is 2. The van der Waals surface area contributed by atoms with Crippen molar-refractivity contribution in [3.63, 3.8) is 0 Å². The van der Waals surface area contributed by atoms with Crippen LogP contribution in [0.25, 0.3) is 21.5 Å². The van der Waals surface area contributed by atoms with Crippen LogP contribution in [0.1, 0.15) is 20.7 Å². The third kappa shape index (κ3) is 11.7. The molecule has 71 heavy (non-hydrogen) atoms. The molecule has 0 saturated carbocycles. The molecule has 0 fully saturated rings. The predicted octanol–water partition coefficient (Wildman–Crippen LogP) is 8.84. The Labute approximate surface area is 411 Å². The summed E-state index contributed by atoms with van der Waals surface area (Å²) in [5, 5.41) is 99.8. The Bertz CT molecular complexity index is 3520. The summed E-state index contributed by atoms with van der Waals surface area (Å²) in [4.78, 5) is 21.7. The van der Waals surface area contributed by atoms with Crippen molar-refractivity contribution >= 4 is 99.2 Å². The number of carboxylic acids is 2. The van der Waals surface area contributed by atoms with Gasteiger partial charge in [0.1, 0.15) is 31.6 Å². The Morgan fingerprint density at radius 3 is 1.04 bits per heavy atom. The first-order valence-corrected chi connectivity index (χ1v) is 22.4. The molecule has 0 aliphatic carbocycles. The average Bonchev–Trinajstić information content (AvgIpc) is 3.32. The zero-order valence-corrected chi connectivity index (χ0v) is 38.4. The summed E-state index contributed by atoms with van der Waals surface area (Å²) in [6.45, 7) is 0. The van der Waals surface area contributed by atoms with E-state index in [0.717, 1.165) is 36.4 Å². The van der Waals surface area contributed by atoms with Crippen molar-refractivity contribution in [1.29, 1.82) is 0 Å². The molecular formula is C46H26CrN8O14S2-3. The molecule has 355 valence electrons. The van der Waals surface area contributed by atoms with Crippen molar-refractivity contribution in [3.05, 3.63) is 157 Å². The van der Waals surface area contributed by atoms with Crippen LogP contribution >= 0.6 is 0 Å². The van der Waals surface area contributed by atoms with Crippen LogP contribution in [0, 0.1) is 0 Å². The molecule has 8 aromatic carbocycles. The summed E-state index contributed by atoms with van der Waals surface area (Å²) in [6.07, 6.45) is 0. The molecule has 2 N–H and O–H groups in total. The maximum absolute atomic E-state index is 12.8. The molecule has 25 heteroatoms. The number of hydrogen-bond acceptors (Lipinski definition) is 20. The molecule has 8 rings (SSSR count). The van der Waals surface area contributed by atoms with Crippen LogP contribution in [0.2, 0.25) is 0 Å². The van der Waals surface area contributed by atoms with Crippen molar-refractivity contribution in [2.24, 2.45) is 40.9 Å². The molecule has 0 unspecified atom stereocenters. The quantitative estimate of drug-likeness (QED) is 0.0852. The fourth-order valence-electron chi connectivity index (χ4n) is 6.48. The Kier molecular flexibility index (Phi) is 15.7. The van der Waals surface area contributed by atoms with Crippen LogP contribution in [-0.4, -0.2) is 48.1 Å². The van der Waals surface area contributed by atoms with Gasteiger partial charge < -0.3 is 39.7 Å². The molecule has 1 radical (unpaired) electrons. The fraction of sp³-hybridized carbons (Fsp3) is 0. The number of hydrogen-bond donors (Lipinski definition) is 2. The van der Waals surface area contributed by atoms with Crippen molar-refractivity contribution in [3.8, 4) is 23.0 Å². The molecule has 0 spiro atoms. The summed E-state index contributed by atoms with van der Waals surface area (Å²) in [6, 6.07) is 32.6. The third-order valence-corrected chi connectivity index (χ3v) is 11.5. The average molecular weight is 1030 g/mol. The Balaban J connectivity index is 0.000000229. The Morgan fingerprint density at radius 1 is 0.366 bits per heavy atom. The summed E-state index contributed by atoms with van der Waals surface area (Å²) in [5.41, 5.74) is -1.67. The van der Waals surface area contributed by atoms with Gasteiger partial charge in [0.2, 0.25) is 0 Å². The maximum Gasteiger partial charge on any atom is 3.00 e. The SMILES string of the molecule is O=C(O)c1ccccc1N=Nc1ccc([O-])c(N=Nc2cccc3c(S(=O)(=O)[O-])cccc23)c1[O-].O=C(O)c1ccccc1N=Nc1ccc([O-])c(N=Nc2cccc3c(S(=O)(=O)[O-])cccc23)c1[O-].[Cr+3]. The first kappa shape index (κ1) is 51.6. The fourth-order valence-corrected chi connectivity index (χ4v) is 7.86. The van der Waals surface area contributed by atoms with Gasteiger partial charge in [0, 0.05) is 21.5 Å². The molecule has 0 aliphatic rings. The Hall–Kier alpha value is -8.83. The van der Waals surface area contributed by atoms with Crippen molar-refractivity contribution in [2.45, 2.75) is 9.79 Å². The van der Waals surface area contributed by atoms with E-state index in [9.17, 15) is 66.2 Å². The van der Waals surface area contributed by atoms with Crippen LogP contribution in [0.3, 0.4) is 0 Å². The minimum atomic E-state index is -4.75. The normalized spacial score (nSPS) is 11.9. The van der Waals surface area contributed by atoms with E-state index in [-0.39, 0.29) is 84.2 Å². The van der Waals surface area contributed by atoms with Gasteiger partial charge in [-0.15, -0.1) is 20.5 Å². The van der Waals surface area contributed by atoms with E-state index in [1.54, 1.807) is 12.1 Å². The summed E-state index contributed by atoms with van der Waals surface area (Å²) in [5.74, 6) is -5.72. The zero-order valence-electron chi connectivity index (χ0n) is 35.5. The number of nitrogens with zero attached hydrogens (tertiary/aromatic N) is 8. The number of carbonyl (C=O) groups is 2. The van der Waals surface area contributed by atoms with Gasteiger partial charge in [0.05, 0.1) is 55.0 Å². The molecule has 8 aromatic rings. The number of aromatic carboxylic acids is 2. The smallest absolute Gasteiger partial charge is 0.871 e. The monoisotopic (exact) mass is 1030 g/mol. The molecule has 0 aliphatic heterocycles. The van der Waals surface area contributed by atoms with Crippen LogP contribution in [0.15, 0.2) is 196 Å². The topological polar surface area (TPSA) is 380 Å². The van der Waals surface area contributed by atoms with Gasteiger partial charge in [-0.25, -0.2) is 26.4 Å². The van der Waals surface area contributed by atoms with Gasteiger partial charge in [0.15, 0.2) is 0 Å². The molecular weight excluding hydrogens is 1000 g/mol. The molecule has 0 heterocycles. The second-order valence-corrected chi connectivity index (χ2v) is 16.8. The Morgan fingerprint density at radius 2 is 0.676 bits per heavy atom. The van der Waals surface area contributed by atoms with Gasteiger partial charge in [-0.1, -0.05) is 108 Å². The number of fused-ring (bicyclic) bond motifs is 2. The molecule has 0 bridgehead atoms. The van der Waals surface area contributed by atoms with Crippen LogP contribution < -0.4 is 20.4 Å². The van der Waals surface area contributed by atoms with Gasteiger partial charge in [-0.3, -0.25) is 0 Å². The van der Waals surface area contributed by atoms with Gasteiger partial charge in [-0.05, 0) is 60.7 Å². The standard InChI is InChI=1S/2C23H16N4O7S.Cr/c2*28-19-12-11-18(26-24-17-8-2-1-5-15(17)23(30)31)22(29)21(19)27-25-16-9-3-7-14-13(16)6-4-10-20(14)35(32,33)34;/h2*1-12,28-29H,(H,30,31)(H,32,33,34);/q;;+3/p-6. The van der Waals surface area contributed by atoms with E-state index in [0.29, 0.717) is 0 Å². The number of rotatable bonds is 12. The van der Waals surface area contributed by atoms with Crippen LogP contribution in [0.4, 0.5) is 45.5 Å². The van der Waals surface area contributed by atoms with Crippen molar-refractivity contribution in [2.75, 3.05) is 0 Å². The largest absolute Gasteiger partial charge is 3.00 e. The molecule has 0 aromatic heterocycles. The summed E-state index contributed by atoms with van der Waals surface area (Å²) < 4.78 is 69.3. The van der Waals surface area contributed by atoms with Crippen LogP contribution in [-0.2, 0) is 37.6 Å². The summed E-state index contributed by atoms with van der Waals surface area (Å²) in [7, 11) is -9.50. The van der Waals surface area contributed by atoms with E-state index in [1.165, 1.54) is 97.1 Å². The predicted molar refractivity (Wildman–Crippen MR) is 238 cm³/mol. The van der Waals surface area contributed by atoms with Crippen LogP contribution in [0.5, 0.6) is 23.0 Å². The summed E-state index contributed by atoms with van der Waals surface area (Å²) >= 11 is 0. The first-order valence-electron chi connectivity index (χ1n) is 19.6. The maximum atomic E-state index is 12.8.